The number of benzene rings is 2. The summed E-state index contributed by atoms with van der Waals surface area (Å²) < 4.78 is 7.03. The van der Waals surface area contributed by atoms with Crippen LogP contribution < -0.4 is 10.9 Å². The van der Waals surface area contributed by atoms with Gasteiger partial charge in [0, 0.05) is 7.14 Å². The summed E-state index contributed by atoms with van der Waals surface area (Å²) in [5, 5.41) is 0. The summed E-state index contributed by atoms with van der Waals surface area (Å²) in [5.74, 6) is -1.04. The minimum absolute atomic E-state index is 0.106. The second kappa shape index (κ2) is 7.98. The smallest absolute Gasteiger partial charge is 0.294 e. The van der Waals surface area contributed by atoms with Crippen LogP contribution in [0.5, 0.6) is 0 Å². The van der Waals surface area contributed by atoms with E-state index in [0.717, 1.165) is 18.1 Å². The highest BCUT2D eigenvalue weighted by atomic mass is 127. The maximum Gasteiger partial charge on any atom is 0.294 e. The van der Waals surface area contributed by atoms with Crippen LogP contribution in [0.25, 0.3) is 0 Å². The van der Waals surface area contributed by atoms with E-state index in [4.69, 9.17) is 4.74 Å². The Balaban J connectivity index is 1.85. The summed E-state index contributed by atoms with van der Waals surface area (Å²) in [6.45, 7) is 0. The topological polar surface area (TPSA) is 43.4 Å². The average molecular weight is 502 g/mol. The molecule has 21 heavy (non-hydrogen) atoms. The third kappa shape index (κ3) is 5.82. The van der Waals surface area contributed by atoms with Crippen molar-refractivity contribution >= 4 is 82.4 Å². The van der Waals surface area contributed by atoms with Crippen LogP contribution in [-0.2, 0) is 4.74 Å². The molecule has 0 bridgehead atoms. The lowest BCUT2D eigenvalue weighted by Crippen LogP contribution is -2.31. The molecule has 7 heteroatoms. The second-order valence-electron chi connectivity index (χ2n) is 4.45. The number of carbonyl (C=O) groups excluding carboxylic acids is 2. The van der Waals surface area contributed by atoms with E-state index in [1.165, 1.54) is 0 Å². The van der Waals surface area contributed by atoms with Crippen molar-refractivity contribution < 1.29 is 14.3 Å². The minimum atomic E-state index is -0.522. The molecule has 0 radical (unpaired) electrons. The molecular formula is C14H10B2I2O3. The Morgan fingerprint density at radius 3 is 1.38 bits per heavy atom. The van der Waals surface area contributed by atoms with Crippen LogP contribution in [0.15, 0.2) is 48.5 Å². The highest BCUT2D eigenvalue weighted by Crippen LogP contribution is 2.01. The first-order valence-electron chi connectivity index (χ1n) is 6.25. The molecule has 0 spiro atoms. The van der Waals surface area contributed by atoms with Crippen LogP contribution in [0, 0.1) is 7.14 Å². The molecule has 2 rings (SSSR count). The van der Waals surface area contributed by atoms with E-state index in [1.807, 2.05) is 48.5 Å². The monoisotopic (exact) mass is 502 g/mol. The molecule has 0 fully saturated rings. The van der Waals surface area contributed by atoms with Gasteiger partial charge in [-0.2, -0.15) is 0 Å². The number of halogens is 2. The van der Waals surface area contributed by atoms with Crippen molar-refractivity contribution in [1.29, 1.82) is 0 Å². The zero-order valence-corrected chi connectivity index (χ0v) is 15.3. The fraction of sp³-hybridized carbons (Fsp3) is 0. The van der Waals surface area contributed by atoms with Crippen LogP contribution in [0.3, 0.4) is 0 Å². The van der Waals surface area contributed by atoms with E-state index in [2.05, 4.69) is 45.2 Å². The van der Waals surface area contributed by atoms with Crippen molar-refractivity contribution in [2.75, 3.05) is 0 Å². The number of ether oxygens (including phenoxy) is 1. The van der Waals surface area contributed by atoms with Gasteiger partial charge in [0.05, 0.1) is 0 Å². The summed E-state index contributed by atoms with van der Waals surface area (Å²) in [5.41, 5.74) is 1.67. The van der Waals surface area contributed by atoms with Gasteiger partial charge in [0.25, 0.3) is 26.3 Å². The fourth-order valence-corrected chi connectivity index (χ4v) is 2.46. The second-order valence-corrected chi connectivity index (χ2v) is 6.94. The van der Waals surface area contributed by atoms with Gasteiger partial charge in [0.2, 0.25) is 0 Å². The average Bonchev–Trinajstić information content (AvgIpc) is 2.44. The summed E-state index contributed by atoms with van der Waals surface area (Å²) in [7, 11) is 0.213. The number of rotatable bonds is 4. The molecule has 3 nitrogen and oxygen atoms in total. The van der Waals surface area contributed by atoms with Gasteiger partial charge in [-0.25, -0.2) is 0 Å². The molecule has 0 saturated carbocycles. The molecule has 0 atom stereocenters. The third-order valence-electron chi connectivity index (χ3n) is 2.75. The number of hydrogen-bond donors (Lipinski definition) is 0. The van der Waals surface area contributed by atoms with Gasteiger partial charge in [-0.1, -0.05) is 35.2 Å². The van der Waals surface area contributed by atoms with Crippen molar-refractivity contribution in [3.05, 3.63) is 55.7 Å². The molecule has 0 heterocycles. The Morgan fingerprint density at radius 2 is 1.05 bits per heavy atom. The van der Waals surface area contributed by atoms with Gasteiger partial charge < -0.3 is 4.74 Å². The van der Waals surface area contributed by atoms with Crippen LogP contribution in [0.2, 0.25) is 0 Å². The maximum absolute atomic E-state index is 11.7. The van der Waals surface area contributed by atoms with E-state index < -0.39 is 11.7 Å². The zero-order valence-electron chi connectivity index (χ0n) is 11.0. The van der Waals surface area contributed by atoms with Crippen LogP contribution in [0.4, 0.5) is 9.59 Å². The molecule has 2 aromatic carbocycles. The first kappa shape index (κ1) is 16.5. The Hall–Kier alpha value is -0.830. The highest BCUT2D eigenvalue weighted by molar-refractivity contribution is 14.1. The predicted molar refractivity (Wildman–Crippen MR) is 104 cm³/mol. The van der Waals surface area contributed by atoms with Crippen LogP contribution >= 0.6 is 45.2 Å². The van der Waals surface area contributed by atoms with E-state index in [-0.39, 0.29) is 14.6 Å². The van der Waals surface area contributed by atoms with E-state index >= 15 is 0 Å². The summed E-state index contributed by atoms with van der Waals surface area (Å²) in [6, 6.07) is 15.1. The number of hydrogen-bond acceptors (Lipinski definition) is 3. The molecular weight excluding hydrogens is 492 g/mol. The van der Waals surface area contributed by atoms with E-state index in [0.29, 0.717) is 0 Å². The summed E-state index contributed by atoms with van der Waals surface area (Å²) >= 11 is 4.39. The Kier molecular flexibility index (Phi) is 6.28. The first-order chi connectivity index (χ1) is 10.0. The Bertz CT molecular complexity index is 585. The molecule has 0 saturated heterocycles. The highest BCUT2D eigenvalue weighted by Gasteiger charge is 2.14. The molecule has 0 aliphatic heterocycles. The number of carbonyl (C=O) groups is 2. The summed E-state index contributed by atoms with van der Waals surface area (Å²) in [4.78, 5) is 23.4. The lowest BCUT2D eigenvalue weighted by molar-refractivity contribution is 0.184. The van der Waals surface area contributed by atoms with Gasteiger partial charge in [0.1, 0.15) is 0 Å². The molecule has 2 aromatic rings. The third-order valence-corrected chi connectivity index (χ3v) is 4.19. The fourth-order valence-electron chi connectivity index (χ4n) is 1.74. The largest absolute Gasteiger partial charge is 0.410 e. The zero-order chi connectivity index (χ0) is 15.2. The maximum atomic E-state index is 11.7. The van der Waals surface area contributed by atoms with Gasteiger partial charge in [-0.05, 0) is 69.4 Å². The molecule has 0 aliphatic carbocycles. The van der Waals surface area contributed by atoms with Crippen LogP contribution in [0.1, 0.15) is 0 Å². The first-order valence-corrected chi connectivity index (χ1v) is 8.41. The molecule has 0 aromatic heterocycles. The normalized spacial score (nSPS) is 9.81. The molecule has 0 unspecified atom stereocenters. The van der Waals surface area contributed by atoms with Crippen molar-refractivity contribution in [3.8, 4) is 0 Å². The lowest BCUT2D eigenvalue weighted by atomic mass is 9.69. The quantitative estimate of drug-likeness (QED) is 0.366. The van der Waals surface area contributed by atoms with Gasteiger partial charge >= 0.3 is 0 Å². The standard InChI is InChI=1S/C14H10B2I2O3/c17-11-5-1-9(2-6-11)15-13(19)21-14(20)16-10-3-7-12(18)8-4-10/h1-8,15-16H. The van der Waals surface area contributed by atoms with E-state index in [9.17, 15) is 9.59 Å². The van der Waals surface area contributed by atoms with Crippen LogP contribution in [-0.4, -0.2) is 26.3 Å². The lowest BCUT2D eigenvalue weighted by Gasteiger charge is -2.03. The molecule has 104 valence electrons. The van der Waals surface area contributed by atoms with Gasteiger partial charge in [-0.3, -0.25) is 9.59 Å². The predicted octanol–water partition coefficient (Wildman–Crippen LogP) is 1.98. The Morgan fingerprint density at radius 1 is 0.714 bits per heavy atom. The van der Waals surface area contributed by atoms with E-state index in [1.54, 1.807) is 0 Å². The Labute approximate surface area is 151 Å². The van der Waals surface area contributed by atoms with Crippen molar-refractivity contribution in [2.24, 2.45) is 0 Å². The van der Waals surface area contributed by atoms with Gasteiger partial charge in [0.15, 0.2) is 0 Å². The van der Waals surface area contributed by atoms with Crippen molar-refractivity contribution in [1.82, 2.24) is 0 Å². The minimum Gasteiger partial charge on any atom is -0.410 e. The van der Waals surface area contributed by atoms with Crippen molar-refractivity contribution in [2.45, 2.75) is 0 Å². The molecule has 0 amide bonds. The SMILES string of the molecule is O=C(Bc1ccc(I)cc1)OC(=O)Bc1ccc(I)cc1. The van der Waals surface area contributed by atoms with Gasteiger partial charge in [-0.15, -0.1) is 0 Å². The molecule has 0 N–H and O–H groups in total. The van der Waals surface area contributed by atoms with Crippen molar-refractivity contribution in [3.63, 3.8) is 0 Å². The summed E-state index contributed by atoms with van der Waals surface area (Å²) in [6.07, 6.45) is 0. The molecule has 0 aliphatic rings.